The number of carbonyl (C=O) groups is 3. The van der Waals surface area contributed by atoms with Crippen molar-refractivity contribution >= 4 is 17.7 Å². The van der Waals surface area contributed by atoms with E-state index in [2.05, 4.69) is 28.9 Å². The summed E-state index contributed by atoms with van der Waals surface area (Å²) < 4.78 is 0. The zero-order chi connectivity index (χ0) is 28.5. The van der Waals surface area contributed by atoms with Crippen LogP contribution in [0.4, 0.5) is 0 Å². The van der Waals surface area contributed by atoms with Gasteiger partial charge in [0, 0.05) is 6.54 Å². The van der Waals surface area contributed by atoms with Gasteiger partial charge < -0.3 is 31.9 Å². The Bertz CT molecular complexity index is 1080. The third-order valence-corrected chi connectivity index (χ3v) is 9.80. The number of nitrogens with two attached hydrogens (primary N) is 1. The number of rotatable bonds is 9. The lowest BCUT2D eigenvalue weighted by molar-refractivity contribution is -0.131. The molecule has 2 saturated carbocycles. The minimum atomic E-state index is -0.795. The summed E-state index contributed by atoms with van der Waals surface area (Å²) in [6.45, 7) is 7.44. The van der Waals surface area contributed by atoms with E-state index in [1.807, 2.05) is 12.1 Å². The van der Waals surface area contributed by atoms with E-state index in [1.165, 1.54) is 18.1 Å². The topological polar surface area (TPSA) is 154 Å². The molecule has 3 aliphatic rings. The second-order valence-corrected chi connectivity index (χ2v) is 12.5. The fourth-order valence-electron chi connectivity index (χ4n) is 7.54. The highest BCUT2D eigenvalue weighted by atomic mass is 16.3. The fraction of sp³-hybridized carbons (Fsp3) is 0.700. The second kappa shape index (κ2) is 11.8. The Morgan fingerprint density at radius 2 is 1.77 bits per heavy atom. The summed E-state index contributed by atoms with van der Waals surface area (Å²) in [7, 11) is 0. The summed E-state index contributed by atoms with van der Waals surface area (Å²) in [6.07, 6.45) is 6.44. The molecular weight excluding hydrogens is 496 g/mol. The highest BCUT2D eigenvalue weighted by Crippen LogP contribution is 2.62. The van der Waals surface area contributed by atoms with Crippen molar-refractivity contribution in [1.82, 2.24) is 16.0 Å². The van der Waals surface area contributed by atoms with Gasteiger partial charge in [-0.25, -0.2) is 0 Å². The van der Waals surface area contributed by atoms with Crippen molar-refractivity contribution in [2.45, 2.75) is 103 Å². The van der Waals surface area contributed by atoms with Gasteiger partial charge in [-0.2, -0.15) is 0 Å². The molecule has 0 spiro atoms. The number of carbonyl (C=O) groups excluding carboxylic acids is 3. The maximum absolute atomic E-state index is 12.5. The Kier molecular flexibility index (Phi) is 8.91. The van der Waals surface area contributed by atoms with Crippen LogP contribution in [0.5, 0.6) is 5.75 Å². The van der Waals surface area contributed by atoms with Crippen LogP contribution in [0, 0.1) is 23.2 Å². The number of hydrogen-bond acceptors (Lipinski definition) is 6. The number of aromatic hydroxyl groups is 1. The Hall–Kier alpha value is -2.65. The molecule has 9 nitrogen and oxygen atoms in total. The molecule has 2 fully saturated rings. The predicted molar refractivity (Wildman–Crippen MR) is 149 cm³/mol. The molecule has 0 bridgehead atoms. The summed E-state index contributed by atoms with van der Waals surface area (Å²) >= 11 is 0. The predicted octanol–water partition coefficient (Wildman–Crippen LogP) is 2.09. The molecule has 1 aromatic carbocycles. The summed E-state index contributed by atoms with van der Waals surface area (Å²) in [5.74, 6) is 0.938. The Morgan fingerprint density at radius 3 is 2.49 bits per heavy atom. The standard InChI is InChI=1S/C30H46N4O5/c1-16(31)27(37)33-18(3)29(39)34-17(2)28(38)32-13-5-6-20-15-25-24-9-7-19-14-21(35)8-10-22(19)23(24)11-12-30(25,4)26(20)36/h8,10,14,16-18,20,23-26,35-36H,5-7,9,11-13,15,31H2,1-4H3,(H,32,38)(H,33,37)(H,34,39)/t16-,17-,18-,20-,23+,24+,25-,26-,30-/m0/s1. The van der Waals surface area contributed by atoms with E-state index in [9.17, 15) is 24.6 Å². The number of phenols is 1. The van der Waals surface area contributed by atoms with E-state index in [1.54, 1.807) is 13.8 Å². The SMILES string of the molecule is C[C@H](N)C(=O)N[C@@H](C)C(=O)N[C@@H](C)C(=O)NCCC[C@H]1C[C@H]2[C@@H]3CCc4cc(O)ccc4[C@H]3CC[C@]2(C)[C@H]1O. The molecule has 0 saturated heterocycles. The van der Waals surface area contributed by atoms with Crippen LogP contribution in [0.1, 0.15) is 83.3 Å². The number of aliphatic hydroxyl groups excluding tert-OH is 1. The zero-order valence-corrected chi connectivity index (χ0v) is 23.7. The molecule has 0 radical (unpaired) electrons. The van der Waals surface area contributed by atoms with E-state index in [4.69, 9.17) is 5.73 Å². The van der Waals surface area contributed by atoms with Crippen LogP contribution in [0.3, 0.4) is 0 Å². The third kappa shape index (κ3) is 6.09. The van der Waals surface area contributed by atoms with E-state index >= 15 is 0 Å². The maximum Gasteiger partial charge on any atom is 0.242 e. The van der Waals surface area contributed by atoms with Gasteiger partial charge in [0.15, 0.2) is 0 Å². The van der Waals surface area contributed by atoms with Crippen LogP contribution in [0.15, 0.2) is 18.2 Å². The lowest BCUT2D eigenvalue weighted by Gasteiger charge is -2.50. The maximum atomic E-state index is 12.5. The van der Waals surface area contributed by atoms with Crippen molar-refractivity contribution in [2.24, 2.45) is 28.9 Å². The van der Waals surface area contributed by atoms with Gasteiger partial charge in [0.1, 0.15) is 17.8 Å². The number of hydrogen-bond donors (Lipinski definition) is 6. The minimum Gasteiger partial charge on any atom is -0.508 e. The largest absolute Gasteiger partial charge is 0.508 e. The number of phenolic OH excluding ortho intramolecular Hbond substituents is 1. The monoisotopic (exact) mass is 542 g/mol. The molecule has 3 aliphatic carbocycles. The van der Waals surface area contributed by atoms with E-state index < -0.39 is 29.9 Å². The molecule has 1 aromatic rings. The van der Waals surface area contributed by atoms with Crippen LogP contribution >= 0.6 is 0 Å². The summed E-state index contributed by atoms with van der Waals surface area (Å²) in [5, 5.41) is 29.4. The molecule has 7 N–H and O–H groups in total. The molecule has 4 rings (SSSR count). The first-order chi connectivity index (χ1) is 18.4. The summed E-state index contributed by atoms with van der Waals surface area (Å²) in [4.78, 5) is 36.5. The molecule has 0 unspecified atom stereocenters. The fourth-order valence-corrected chi connectivity index (χ4v) is 7.54. The molecular formula is C30H46N4O5. The first-order valence-corrected chi connectivity index (χ1v) is 14.6. The normalized spacial score (nSPS) is 31.6. The van der Waals surface area contributed by atoms with Gasteiger partial charge in [0.05, 0.1) is 12.1 Å². The second-order valence-electron chi connectivity index (χ2n) is 12.5. The molecule has 3 amide bonds. The van der Waals surface area contributed by atoms with E-state index in [0.717, 1.165) is 44.9 Å². The number of aryl methyl sites for hydroxylation is 1. The van der Waals surface area contributed by atoms with Crippen molar-refractivity contribution < 1.29 is 24.6 Å². The summed E-state index contributed by atoms with van der Waals surface area (Å²) in [6, 6.07) is 3.59. The van der Waals surface area contributed by atoms with Crippen LogP contribution in [-0.4, -0.2) is 58.7 Å². The first-order valence-electron chi connectivity index (χ1n) is 14.6. The van der Waals surface area contributed by atoms with Crippen molar-refractivity contribution in [1.29, 1.82) is 0 Å². The van der Waals surface area contributed by atoms with Gasteiger partial charge in [0.2, 0.25) is 17.7 Å². The molecule has 0 aromatic heterocycles. The van der Waals surface area contributed by atoms with Crippen LogP contribution in [0.2, 0.25) is 0 Å². The van der Waals surface area contributed by atoms with E-state index in [0.29, 0.717) is 30.0 Å². The van der Waals surface area contributed by atoms with Crippen molar-refractivity contribution in [3.05, 3.63) is 29.3 Å². The summed E-state index contributed by atoms with van der Waals surface area (Å²) in [5.41, 5.74) is 8.11. The molecule has 9 heteroatoms. The number of benzene rings is 1. The quantitative estimate of drug-likeness (QED) is 0.263. The van der Waals surface area contributed by atoms with Gasteiger partial charge in [0.25, 0.3) is 0 Å². The van der Waals surface area contributed by atoms with Crippen LogP contribution in [0.25, 0.3) is 0 Å². The van der Waals surface area contributed by atoms with E-state index in [-0.39, 0.29) is 23.3 Å². The third-order valence-electron chi connectivity index (χ3n) is 9.80. The van der Waals surface area contributed by atoms with Gasteiger partial charge in [-0.05, 0) is 118 Å². The van der Waals surface area contributed by atoms with Gasteiger partial charge in [-0.1, -0.05) is 13.0 Å². The van der Waals surface area contributed by atoms with Gasteiger partial charge in [-0.15, -0.1) is 0 Å². The van der Waals surface area contributed by atoms with Gasteiger partial charge >= 0.3 is 0 Å². The lowest BCUT2D eigenvalue weighted by atomic mass is 9.55. The number of fused-ring (bicyclic) bond motifs is 5. The van der Waals surface area contributed by atoms with Crippen molar-refractivity contribution in [2.75, 3.05) is 6.54 Å². The molecule has 39 heavy (non-hydrogen) atoms. The molecule has 0 heterocycles. The molecule has 9 atom stereocenters. The first kappa shape index (κ1) is 29.3. The smallest absolute Gasteiger partial charge is 0.242 e. The van der Waals surface area contributed by atoms with Crippen LogP contribution in [-0.2, 0) is 20.8 Å². The number of nitrogens with one attached hydrogen (secondary N) is 3. The highest BCUT2D eigenvalue weighted by Gasteiger charge is 2.57. The van der Waals surface area contributed by atoms with Crippen LogP contribution < -0.4 is 21.7 Å². The number of amides is 3. The van der Waals surface area contributed by atoms with Crippen molar-refractivity contribution in [3.8, 4) is 5.75 Å². The highest BCUT2D eigenvalue weighted by molar-refractivity contribution is 5.92. The average molecular weight is 543 g/mol. The Balaban J connectivity index is 1.24. The Labute approximate surface area is 231 Å². The lowest BCUT2D eigenvalue weighted by Crippen LogP contribution is -2.53. The molecule has 0 aliphatic heterocycles. The number of aliphatic hydroxyl groups is 1. The molecule has 216 valence electrons. The Morgan fingerprint density at radius 1 is 1.08 bits per heavy atom. The van der Waals surface area contributed by atoms with Crippen molar-refractivity contribution in [3.63, 3.8) is 0 Å². The average Bonchev–Trinajstić information content (AvgIpc) is 3.15. The van der Waals surface area contributed by atoms with Gasteiger partial charge in [-0.3, -0.25) is 14.4 Å². The zero-order valence-electron chi connectivity index (χ0n) is 23.7. The minimum absolute atomic E-state index is 0.0733.